The maximum Gasteiger partial charge on any atom is 0.416 e. The van der Waals surface area contributed by atoms with Gasteiger partial charge in [0.1, 0.15) is 0 Å². The second-order valence-electron chi connectivity index (χ2n) is 9.59. The normalized spacial score (nSPS) is 24.9. The van der Waals surface area contributed by atoms with E-state index in [9.17, 15) is 31.1 Å². The molecule has 1 aliphatic heterocycles. The number of alkyl halides is 6. The number of carbonyl (C=O) groups is 1. The lowest BCUT2D eigenvalue weighted by Crippen LogP contribution is -2.43. The van der Waals surface area contributed by atoms with Crippen molar-refractivity contribution in [3.8, 4) is 0 Å². The van der Waals surface area contributed by atoms with Crippen LogP contribution < -0.4 is 5.32 Å². The number of rotatable bonds is 7. The van der Waals surface area contributed by atoms with E-state index in [-0.39, 0.29) is 48.2 Å². The molecule has 2 fully saturated rings. The average molecular weight is 515 g/mol. The number of likely N-dealkylation sites (N-methyl/N-ethyl adjacent to an activating group) is 1. The van der Waals surface area contributed by atoms with Gasteiger partial charge in [-0.05, 0) is 55.6 Å². The Bertz CT molecular complexity index is 1020. The van der Waals surface area contributed by atoms with E-state index in [0.717, 1.165) is 18.4 Å². The second-order valence-corrected chi connectivity index (χ2v) is 9.59. The molecule has 1 N–H and O–H groups in total. The van der Waals surface area contributed by atoms with E-state index in [1.165, 1.54) is 0 Å². The molecule has 4 atom stereocenters. The van der Waals surface area contributed by atoms with E-state index < -0.39 is 23.5 Å². The number of carbonyl (C=O) groups excluding carboxylic acids is 1. The Balaban J connectivity index is 1.53. The lowest BCUT2D eigenvalue weighted by molar-refractivity contribution is -0.143. The van der Waals surface area contributed by atoms with Crippen molar-refractivity contribution in [2.45, 2.75) is 68.7 Å². The molecule has 1 aliphatic carbocycles. The first kappa shape index (κ1) is 26.5. The monoisotopic (exact) mass is 514 g/mol. The fourth-order valence-corrected chi connectivity index (χ4v) is 5.34. The van der Waals surface area contributed by atoms with Crippen LogP contribution in [-0.2, 0) is 28.5 Å². The zero-order chi connectivity index (χ0) is 26.1. The maximum atomic E-state index is 13.3. The van der Waals surface area contributed by atoms with E-state index in [1.807, 2.05) is 37.4 Å². The van der Waals surface area contributed by atoms with Gasteiger partial charge >= 0.3 is 12.4 Å². The minimum absolute atomic E-state index is 0.0277. The third-order valence-corrected chi connectivity index (χ3v) is 7.02. The Kier molecular flexibility index (Phi) is 7.66. The molecule has 4 rings (SSSR count). The average Bonchev–Trinajstić information content (AvgIpc) is 3.42. The molecule has 10 heteroatoms. The van der Waals surface area contributed by atoms with E-state index in [1.54, 1.807) is 0 Å². The van der Waals surface area contributed by atoms with Crippen LogP contribution >= 0.6 is 0 Å². The van der Waals surface area contributed by atoms with Crippen LogP contribution in [0.2, 0.25) is 0 Å². The van der Waals surface area contributed by atoms with Gasteiger partial charge in [-0.2, -0.15) is 26.3 Å². The van der Waals surface area contributed by atoms with Crippen molar-refractivity contribution in [2.24, 2.45) is 0 Å². The number of benzene rings is 2. The third-order valence-electron chi connectivity index (χ3n) is 7.02. The van der Waals surface area contributed by atoms with Gasteiger partial charge in [0, 0.05) is 31.0 Å². The molecule has 0 unspecified atom stereocenters. The maximum absolute atomic E-state index is 13.3. The zero-order valence-electron chi connectivity index (χ0n) is 19.7. The van der Waals surface area contributed by atoms with Gasteiger partial charge in [0.25, 0.3) is 0 Å². The number of nitrogens with zero attached hydrogens (tertiary/aromatic N) is 1. The summed E-state index contributed by atoms with van der Waals surface area (Å²) in [6.45, 7) is 0.283. The van der Waals surface area contributed by atoms with Gasteiger partial charge in [0.15, 0.2) is 0 Å². The molecule has 36 heavy (non-hydrogen) atoms. The summed E-state index contributed by atoms with van der Waals surface area (Å²) in [6, 6.07) is 11.2. The summed E-state index contributed by atoms with van der Waals surface area (Å²) in [5.41, 5.74) is -1.88. The van der Waals surface area contributed by atoms with Crippen LogP contribution in [0.5, 0.6) is 0 Å². The van der Waals surface area contributed by atoms with E-state index in [2.05, 4.69) is 10.2 Å². The van der Waals surface area contributed by atoms with Crippen LogP contribution in [0.15, 0.2) is 48.5 Å². The Hall–Kier alpha value is -2.59. The molecular weight excluding hydrogens is 486 g/mol. The standard InChI is InChI=1S/C26H28F6N2O2/c1-34(14-20-7-10-23(35)33-20)21-8-9-22(24(21)17-5-3-2-4-6-17)36-15-16-11-18(25(27,28)29)13-19(12-16)26(30,31)32/h2-6,11-13,20-22,24H,7-10,14-15H2,1H3,(H,33,35)/t20-,21+,22-,24-/m0/s1. The highest BCUT2D eigenvalue weighted by atomic mass is 19.4. The first-order valence-electron chi connectivity index (χ1n) is 11.9. The molecule has 1 saturated heterocycles. The predicted octanol–water partition coefficient (Wildman–Crippen LogP) is 5.77. The second kappa shape index (κ2) is 10.4. The number of amides is 1. The van der Waals surface area contributed by atoms with Crippen LogP contribution in [-0.4, -0.2) is 42.6 Å². The molecule has 0 aromatic heterocycles. The smallest absolute Gasteiger partial charge is 0.373 e. The van der Waals surface area contributed by atoms with Gasteiger partial charge in [0.05, 0.1) is 23.8 Å². The summed E-state index contributed by atoms with van der Waals surface area (Å²) in [5.74, 6) is -0.0962. The highest BCUT2D eigenvalue weighted by molar-refractivity contribution is 5.78. The van der Waals surface area contributed by atoms with Crippen molar-refractivity contribution in [3.05, 3.63) is 70.8 Å². The fraction of sp³-hybridized carbons (Fsp3) is 0.500. The zero-order valence-corrected chi connectivity index (χ0v) is 19.7. The highest BCUT2D eigenvalue weighted by Gasteiger charge is 2.41. The molecule has 0 radical (unpaired) electrons. The fourth-order valence-electron chi connectivity index (χ4n) is 5.34. The van der Waals surface area contributed by atoms with Crippen LogP contribution in [0.4, 0.5) is 26.3 Å². The summed E-state index contributed by atoms with van der Waals surface area (Å²) < 4.78 is 85.5. The summed E-state index contributed by atoms with van der Waals surface area (Å²) in [7, 11) is 1.97. The lowest BCUT2D eigenvalue weighted by Gasteiger charge is -2.33. The topological polar surface area (TPSA) is 41.6 Å². The molecule has 0 spiro atoms. The first-order chi connectivity index (χ1) is 16.9. The van der Waals surface area contributed by atoms with Gasteiger partial charge in [-0.3, -0.25) is 4.79 Å². The van der Waals surface area contributed by atoms with Gasteiger partial charge < -0.3 is 15.0 Å². The SMILES string of the molecule is CN(C[C@@H]1CCC(=O)N1)[C@@H]1CC[C@H](OCc2cc(C(F)(F)F)cc(C(F)(F)F)c2)[C@H]1c1ccccc1. The Morgan fingerprint density at radius 1 is 0.944 bits per heavy atom. The van der Waals surface area contributed by atoms with Crippen molar-refractivity contribution in [1.82, 2.24) is 10.2 Å². The van der Waals surface area contributed by atoms with E-state index in [4.69, 9.17) is 4.74 Å². The molecule has 2 aromatic carbocycles. The quantitative estimate of drug-likeness (QED) is 0.478. The van der Waals surface area contributed by atoms with Crippen molar-refractivity contribution < 1.29 is 35.9 Å². The Labute approximate surface area is 205 Å². The number of hydrogen-bond donors (Lipinski definition) is 1. The Morgan fingerprint density at radius 2 is 1.58 bits per heavy atom. The van der Waals surface area contributed by atoms with Gasteiger partial charge in [-0.25, -0.2) is 0 Å². The molecule has 0 bridgehead atoms. The van der Waals surface area contributed by atoms with Crippen molar-refractivity contribution in [2.75, 3.05) is 13.6 Å². The van der Waals surface area contributed by atoms with Crippen molar-refractivity contribution >= 4 is 5.91 Å². The third kappa shape index (κ3) is 6.21. The summed E-state index contributed by atoms with van der Waals surface area (Å²) in [4.78, 5) is 13.8. The molecule has 196 valence electrons. The molecule has 2 aromatic rings. The molecule has 2 aliphatic rings. The van der Waals surface area contributed by atoms with Crippen LogP contribution in [0.25, 0.3) is 0 Å². The van der Waals surface area contributed by atoms with E-state index in [0.29, 0.717) is 31.5 Å². The minimum atomic E-state index is -4.90. The van der Waals surface area contributed by atoms with E-state index >= 15 is 0 Å². The van der Waals surface area contributed by atoms with Crippen molar-refractivity contribution in [1.29, 1.82) is 0 Å². The van der Waals surface area contributed by atoms with Crippen LogP contribution in [0.3, 0.4) is 0 Å². The number of ether oxygens (including phenoxy) is 1. The molecule has 1 saturated carbocycles. The van der Waals surface area contributed by atoms with Crippen LogP contribution in [0, 0.1) is 0 Å². The summed E-state index contributed by atoms with van der Waals surface area (Å²) in [5, 5.41) is 2.96. The first-order valence-corrected chi connectivity index (χ1v) is 11.9. The molecular formula is C26H28F6N2O2. The Morgan fingerprint density at radius 3 is 2.14 bits per heavy atom. The van der Waals surface area contributed by atoms with Crippen molar-refractivity contribution in [3.63, 3.8) is 0 Å². The predicted molar refractivity (Wildman–Crippen MR) is 121 cm³/mol. The summed E-state index contributed by atoms with van der Waals surface area (Å²) in [6.07, 6.45) is -7.59. The number of halogens is 6. The van der Waals surface area contributed by atoms with Gasteiger partial charge in [-0.15, -0.1) is 0 Å². The number of nitrogens with one attached hydrogen (secondary N) is 1. The minimum Gasteiger partial charge on any atom is -0.373 e. The highest BCUT2D eigenvalue weighted by Crippen LogP contribution is 2.41. The van der Waals surface area contributed by atoms with Crippen LogP contribution in [0.1, 0.15) is 53.9 Å². The van der Waals surface area contributed by atoms with Gasteiger partial charge in [0.2, 0.25) is 5.91 Å². The van der Waals surface area contributed by atoms with Gasteiger partial charge in [-0.1, -0.05) is 30.3 Å². The molecule has 4 nitrogen and oxygen atoms in total. The molecule has 1 heterocycles. The molecule has 1 amide bonds. The summed E-state index contributed by atoms with van der Waals surface area (Å²) >= 11 is 0. The largest absolute Gasteiger partial charge is 0.416 e. The number of hydrogen-bond acceptors (Lipinski definition) is 3. The lowest BCUT2D eigenvalue weighted by atomic mass is 9.91.